The van der Waals surface area contributed by atoms with Crippen LogP contribution in [-0.4, -0.2) is 24.7 Å². The van der Waals surface area contributed by atoms with Crippen LogP contribution in [0.2, 0.25) is 5.02 Å². The highest BCUT2D eigenvalue weighted by Crippen LogP contribution is 2.33. The van der Waals surface area contributed by atoms with E-state index in [1.165, 1.54) is 14.0 Å². The van der Waals surface area contributed by atoms with E-state index in [0.29, 0.717) is 40.7 Å². The molecule has 4 nitrogen and oxygen atoms in total. The van der Waals surface area contributed by atoms with Gasteiger partial charge in [0.25, 0.3) is 0 Å². The third-order valence-corrected chi connectivity index (χ3v) is 3.14. The van der Waals surface area contributed by atoms with Gasteiger partial charge < -0.3 is 10.1 Å². The molecular weight excluding hydrogens is 301 g/mol. The molecule has 0 fully saturated rings. The molecule has 0 aliphatic rings. The number of hydrogen-bond donors (Lipinski definition) is 1. The summed E-state index contributed by atoms with van der Waals surface area (Å²) >= 11 is 11.6. The molecule has 1 N–H and O–H groups in total. The minimum Gasteiger partial charge on any atom is -0.494 e. The zero-order chi connectivity index (χ0) is 15.1. The van der Waals surface area contributed by atoms with Crippen LogP contribution in [0, 0.1) is 0 Å². The topological polar surface area (TPSA) is 55.4 Å². The van der Waals surface area contributed by atoms with E-state index in [4.69, 9.17) is 27.9 Å². The van der Waals surface area contributed by atoms with E-state index in [0.717, 1.165) is 6.42 Å². The number of unbranched alkanes of at least 4 members (excludes halogenated alkanes) is 1. The Labute approximate surface area is 128 Å². The number of rotatable bonds is 7. The first-order chi connectivity index (χ1) is 9.49. The van der Waals surface area contributed by atoms with Gasteiger partial charge in [0, 0.05) is 24.2 Å². The van der Waals surface area contributed by atoms with Crippen molar-refractivity contribution in [1.82, 2.24) is 0 Å². The summed E-state index contributed by atoms with van der Waals surface area (Å²) in [5, 5.41) is 2.98. The Bertz CT molecular complexity index is 503. The second-order valence-corrected chi connectivity index (χ2v) is 5.10. The summed E-state index contributed by atoms with van der Waals surface area (Å²) < 4.78 is 5.24. The smallest absolute Gasteiger partial charge is 0.221 e. The van der Waals surface area contributed by atoms with Crippen LogP contribution in [0.3, 0.4) is 0 Å². The molecule has 1 amide bonds. The van der Waals surface area contributed by atoms with Crippen LogP contribution in [-0.2, 0) is 4.79 Å². The van der Waals surface area contributed by atoms with Crippen LogP contribution in [0.5, 0.6) is 5.75 Å². The standard InChI is InChI=1S/C14H17Cl2NO3/c1-9(18)17-12-8-10(16)7-11(14(12)20-2)13(19)5-3-4-6-15/h7-8H,3-6H2,1-2H3,(H,17,18). The van der Waals surface area contributed by atoms with Gasteiger partial charge in [-0.2, -0.15) is 0 Å². The van der Waals surface area contributed by atoms with Crippen LogP contribution in [0.25, 0.3) is 0 Å². The molecule has 1 rings (SSSR count). The molecule has 1 aromatic carbocycles. The number of nitrogens with one attached hydrogen (secondary N) is 1. The normalized spacial score (nSPS) is 10.2. The summed E-state index contributed by atoms with van der Waals surface area (Å²) in [4.78, 5) is 23.4. The molecular formula is C14H17Cl2NO3. The molecule has 0 bridgehead atoms. The second-order valence-electron chi connectivity index (χ2n) is 4.28. The van der Waals surface area contributed by atoms with Gasteiger partial charge in [-0.05, 0) is 25.0 Å². The first kappa shape index (κ1) is 16.8. The molecule has 6 heteroatoms. The number of ketones is 1. The van der Waals surface area contributed by atoms with E-state index in [1.54, 1.807) is 12.1 Å². The maximum atomic E-state index is 12.2. The first-order valence-corrected chi connectivity index (χ1v) is 7.15. The number of hydrogen-bond acceptors (Lipinski definition) is 3. The third kappa shape index (κ3) is 4.69. The lowest BCUT2D eigenvalue weighted by molar-refractivity contribution is -0.114. The maximum Gasteiger partial charge on any atom is 0.221 e. The summed E-state index contributed by atoms with van der Waals surface area (Å²) in [6.07, 6.45) is 1.84. The van der Waals surface area contributed by atoms with Gasteiger partial charge in [-0.3, -0.25) is 9.59 Å². The van der Waals surface area contributed by atoms with Crippen molar-refractivity contribution >= 4 is 40.6 Å². The Morgan fingerprint density at radius 3 is 2.55 bits per heavy atom. The van der Waals surface area contributed by atoms with Crippen LogP contribution >= 0.6 is 23.2 Å². The van der Waals surface area contributed by atoms with Crippen molar-refractivity contribution in [2.75, 3.05) is 18.3 Å². The number of carbonyl (C=O) groups is 2. The summed E-state index contributed by atoms with van der Waals surface area (Å²) in [6, 6.07) is 3.10. The van der Waals surface area contributed by atoms with E-state index >= 15 is 0 Å². The Hall–Kier alpha value is -1.26. The molecule has 0 radical (unpaired) electrons. The Balaban J connectivity index is 3.07. The van der Waals surface area contributed by atoms with Crippen LogP contribution in [0.15, 0.2) is 12.1 Å². The van der Waals surface area contributed by atoms with Gasteiger partial charge in [-0.1, -0.05) is 11.6 Å². The molecule has 1 aromatic rings. The SMILES string of the molecule is COc1c(NC(C)=O)cc(Cl)cc1C(=O)CCCCCl. The summed E-state index contributed by atoms with van der Waals surface area (Å²) in [5.74, 6) is 0.518. The number of methoxy groups -OCH3 is 1. The molecule has 0 aliphatic carbocycles. The van der Waals surface area contributed by atoms with Crippen LogP contribution in [0.1, 0.15) is 36.5 Å². The highest BCUT2D eigenvalue weighted by atomic mass is 35.5. The molecule has 20 heavy (non-hydrogen) atoms. The fraction of sp³-hybridized carbons (Fsp3) is 0.429. The quantitative estimate of drug-likeness (QED) is 0.471. The minimum absolute atomic E-state index is 0.0823. The highest BCUT2D eigenvalue weighted by molar-refractivity contribution is 6.31. The van der Waals surface area contributed by atoms with Crippen molar-refractivity contribution in [2.24, 2.45) is 0 Å². The molecule has 110 valence electrons. The number of carbonyl (C=O) groups excluding carboxylic acids is 2. The summed E-state index contributed by atoms with van der Waals surface area (Å²) in [7, 11) is 1.45. The van der Waals surface area contributed by atoms with Gasteiger partial charge in [0.15, 0.2) is 11.5 Å². The number of alkyl halides is 1. The molecule has 0 saturated carbocycles. The molecule has 0 aliphatic heterocycles. The van der Waals surface area contributed by atoms with Gasteiger partial charge in [-0.25, -0.2) is 0 Å². The Kier molecular flexibility index (Phi) is 6.82. The molecule has 0 heterocycles. The van der Waals surface area contributed by atoms with Crippen molar-refractivity contribution in [3.8, 4) is 5.75 Å². The predicted molar refractivity (Wildman–Crippen MR) is 81.2 cm³/mol. The third-order valence-electron chi connectivity index (χ3n) is 2.66. The monoisotopic (exact) mass is 317 g/mol. The van der Waals surface area contributed by atoms with E-state index < -0.39 is 0 Å². The Morgan fingerprint density at radius 1 is 1.30 bits per heavy atom. The van der Waals surface area contributed by atoms with Crippen molar-refractivity contribution in [1.29, 1.82) is 0 Å². The molecule has 0 aromatic heterocycles. The maximum absolute atomic E-state index is 12.2. The fourth-order valence-electron chi connectivity index (χ4n) is 1.82. The number of halogens is 2. The van der Waals surface area contributed by atoms with Crippen molar-refractivity contribution in [3.05, 3.63) is 22.7 Å². The Morgan fingerprint density at radius 2 is 2.00 bits per heavy atom. The van der Waals surface area contributed by atoms with E-state index in [-0.39, 0.29) is 11.7 Å². The van der Waals surface area contributed by atoms with E-state index in [1.807, 2.05) is 0 Å². The fourth-order valence-corrected chi connectivity index (χ4v) is 2.23. The van der Waals surface area contributed by atoms with Gasteiger partial charge in [-0.15, -0.1) is 11.6 Å². The van der Waals surface area contributed by atoms with Gasteiger partial charge in [0.1, 0.15) is 0 Å². The number of Topliss-reactive ketones (excluding diaryl/α,β-unsaturated/α-hetero) is 1. The van der Waals surface area contributed by atoms with Gasteiger partial charge >= 0.3 is 0 Å². The van der Waals surface area contributed by atoms with Crippen molar-refractivity contribution in [3.63, 3.8) is 0 Å². The first-order valence-electron chi connectivity index (χ1n) is 6.24. The number of ether oxygens (including phenoxy) is 1. The average molecular weight is 318 g/mol. The van der Waals surface area contributed by atoms with E-state index in [2.05, 4.69) is 5.32 Å². The minimum atomic E-state index is -0.258. The predicted octanol–water partition coefficient (Wildman–Crippen LogP) is 3.90. The van der Waals surface area contributed by atoms with Crippen LogP contribution in [0.4, 0.5) is 5.69 Å². The second kappa shape index (κ2) is 8.12. The lowest BCUT2D eigenvalue weighted by atomic mass is 10.0. The van der Waals surface area contributed by atoms with Gasteiger partial charge in [0.2, 0.25) is 5.91 Å². The summed E-state index contributed by atoms with van der Waals surface area (Å²) in [5.41, 5.74) is 0.770. The van der Waals surface area contributed by atoms with Crippen molar-refractivity contribution in [2.45, 2.75) is 26.2 Å². The molecule has 0 saturated heterocycles. The lowest BCUT2D eigenvalue weighted by Crippen LogP contribution is -2.10. The van der Waals surface area contributed by atoms with E-state index in [9.17, 15) is 9.59 Å². The molecule has 0 atom stereocenters. The van der Waals surface area contributed by atoms with Crippen LogP contribution < -0.4 is 10.1 Å². The van der Waals surface area contributed by atoms with Crippen molar-refractivity contribution < 1.29 is 14.3 Å². The number of amides is 1. The zero-order valence-electron chi connectivity index (χ0n) is 11.5. The molecule has 0 unspecified atom stereocenters. The van der Waals surface area contributed by atoms with Gasteiger partial charge in [0.05, 0.1) is 18.4 Å². The average Bonchev–Trinajstić information content (AvgIpc) is 2.37. The summed E-state index contributed by atoms with van der Waals surface area (Å²) in [6.45, 7) is 1.38. The number of anilines is 1. The zero-order valence-corrected chi connectivity index (χ0v) is 13.0. The largest absolute Gasteiger partial charge is 0.494 e. The molecule has 0 spiro atoms. The lowest BCUT2D eigenvalue weighted by Gasteiger charge is -2.14. The number of benzene rings is 1. The highest BCUT2D eigenvalue weighted by Gasteiger charge is 2.17.